The van der Waals surface area contributed by atoms with Crippen LogP contribution in [-0.2, 0) is 9.53 Å². The Balaban J connectivity index is 3.14. The van der Waals surface area contributed by atoms with Crippen molar-refractivity contribution in [3.63, 3.8) is 0 Å². The van der Waals surface area contributed by atoms with Crippen LogP contribution < -0.4 is 9.47 Å². The maximum atomic E-state index is 13.2. The fourth-order valence-corrected chi connectivity index (χ4v) is 2.51. The van der Waals surface area contributed by atoms with Crippen LogP contribution in [-0.4, -0.2) is 47.7 Å². The number of amides is 1. The molecule has 0 heterocycles. The first-order valence-electron chi connectivity index (χ1n) is 10.0. The van der Waals surface area contributed by atoms with E-state index in [1.165, 1.54) is 4.90 Å². The number of carbonyl (C=O) groups excluding carboxylic acids is 2. The fraction of sp³-hybridized carbons (Fsp3) is 0.636. The summed E-state index contributed by atoms with van der Waals surface area (Å²) in [6, 6.07) is 4.98. The van der Waals surface area contributed by atoms with E-state index in [1.807, 2.05) is 55.4 Å². The molecule has 0 aliphatic carbocycles. The lowest BCUT2D eigenvalue weighted by atomic mass is 10.1. The van der Waals surface area contributed by atoms with Gasteiger partial charge in [0, 0.05) is 17.7 Å². The SMILES string of the molecule is CCC(C)OC(=O)CN(C(=O)c1cc(OC(C)C)cc(OC(C)C)c1)C(C)C. The third kappa shape index (κ3) is 7.79. The van der Waals surface area contributed by atoms with Crippen molar-refractivity contribution in [3.8, 4) is 11.5 Å². The van der Waals surface area contributed by atoms with Crippen molar-refractivity contribution in [3.05, 3.63) is 23.8 Å². The summed E-state index contributed by atoms with van der Waals surface area (Å²) >= 11 is 0. The van der Waals surface area contributed by atoms with Crippen molar-refractivity contribution in [2.45, 2.75) is 86.2 Å². The Morgan fingerprint density at radius 3 is 1.79 bits per heavy atom. The Bertz CT molecular complexity index is 626. The molecule has 0 saturated carbocycles. The highest BCUT2D eigenvalue weighted by Crippen LogP contribution is 2.26. The molecule has 0 fully saturated rings. The van der Waals surface area contributed by atoms with E-state index in [4.69, 9.17) is 14.2 Å². The zero-order chi connectivity index (χ0) is 21.4. The second kappa shape index (κ2) is 10.9. The molecule has 0 N–H and O–H groups in total. The van der Waals surface area contributed by atoms with Gasteiger partial charge in [-0.1, -0.05) is 6.92 Å². The summed E-state index contributed by atoms with van der Waals surface area (Å²) < 4.78 is 16.9. The van der Waals surface area contributed by atoms with Gasteiger partial charge in [0.1, 0.15) is 18.0 Å². The number of hydrogen-bond acceptors (Lipinski definition) is 5. The van der Waals surface area contributed by atoms with E-state index in [0.717, 1.165) is 6.42 Å². The van der Waals surface area contributed by atoms with Gasteiger partial charge in [0.15, 0.2) is 0 Å². The number of carbonyl (C=O) groups is 2. The third-order valence-electron chi connectivity index (χ3n) is 3.96. The molecule has 0 aliphatic rings. The first-order chi connectivity index (χ1) is 13.0. The smallest absolute Gasteiger partial charge is 0.325 e. The summed E-state index contributed by atoms with van der Waals surface area (Å²) in [6.07, 6.45) is 0.477. The zero-order valence-electron chi connectivity index (χ0n) is 18.4. The van der Waals surface area contributed by atoms with Gasteiger partial charge < -0.3 is 19.1 Å². The van der Waals surface area contributed by atoms with Gasteiger partial charge in [-0.15, -0.1) is 0 Å². The molecule has 0 bridgehead atoms. The van der Waals surface area contributed by atoms with E-state index < -0.39 is 5.97 Å². The molecule has 0 radical (unpaired) electrons. The molecule has 0 aliphatic heterocycles. The van der Waals surface area contributed by atoms with Crippen LogP contribution in [0.2, 0.25) is 0 Å². The molecule has 158 valence electrons. The highest BCUT2D eigenvalue weighted by molar-refractivity contribution is 5.97. The van der Waals surface area contributed by atoms with Crippen molar-refractivity contribution in [2.75, 3.05) is 6.54 Å². The van der Waals surface area contributed by atoms with Crippen LogP contribution in [0.1, 0.15) is 72.2 Å². The number of benzene rings is 1. The normalized spacial score (nSPS) is 12.2. The van der Waals surface area contributed by atoms with Gasteiger partial charge in [-0.25, -0.2) is 0 Å². The minimum absolute atomic E-state index is 0.0380. The summed E-state index contributed by atoms with van der Waals surface area (Å²) in [4.78, 5) is 26.9. The molecule has 1 unspecified atom stereocenters. The van der Waals surface area contributed by atoms with Gasteiger partial charge in [-0.3, -0.25) is 9.59 Å². The number of esters is 1. The summed E-state index contributed by atoms with van der Waals surface area (Å²) in [5.74, 6) is 0.438. The molecule has 1 aromatic carbocycles. The van der Waals surface area contributed by atoms with Crippen LogP contribution in [0, 0.1) is 0 Å². The van der Waals surface area contributed by atoms with E-state index in [1.54, 1.807) is 18.2 Å². The van der Waals surface area contributed by atoms with E-state index in [0.29, 0.717) is 17.1 Å². The number of ether oxygens (including phenoxy) is 3. The summed E-state index contributed by atoms with van der Waals surface area (Å²) in [5.41, 5.74) is 0.416. The Labute approximate surface area is 169 Å². The maximum absolute atomic E-state index is 13.2. The average molecular weight is 394 g/mol. The molecule has 1 rings (SSSR count). The highest BCUT2D eigenvalue weighted by atomic mass is 16.5. The van der Waals surface area contributed by atoms with E-state index >= 15 is 0 Å². The van der Waals surface area contributed by atoms with Crippen LogP contribution in [0.3, 0.4) is 0 Å². The van der Waals surface area contributed by atoms with Gasteiger partial charge in [0.05, 0.1) is 18.3 Å². The van der Waals surface area contributed by atoms with Gasteiger partial charge in [-0.2, -0.15) is 0 Å². The molecule has 6 heteroatoms. The average Bonchev–Trinajstić information content (AvgIpc) is 2.57. The van der Waals surface area contributed by atoms with Crippen LogP contribution in [0.15, 0.2) is 18.2 Å². The molecule has 6 nitrogen and oxygen atoms in total. The Hall–Kier alpha value is -2.24. The second-order valence-corrected chi connectivity index (χ2v) is 7.76. The van der Waals surface area contributed by atoms with Crippen molar-refractivity contribution in [1.82, 2.24) is 4.90 Å². The van der Waals surface area contributed by atoms with E-state index in [9.17, 15) is 9.59 Å². The topological polar surface area (TPSA) is 65.1 Å². The molecule has 0 aromatic heterocycles. The summed E-state index contributed by atoms with van der Waals surface area (Å²) in [5, 5.41) is 0. The fourth-order valence-electron chi connectivity index (χ4n) is 2.51. The van der Waals surface area contributed by atoms with Crippen LogP contribution in [0.4, 0.5) is 0 Å². The standard InChI is InChI=1S/C22H35NO5/c1-9-17(8)28-21(24)13-23(14(2)3)22(25)18-10-19(26-15(4)5)12-20(11-18)27-16(6)7/h10-12,14-17H,9,13H2,1-8H3. The van der Waals surface area contributed by atoms with Gasteiger partial charge >= 0.3 is 5.97 Å². The van der Waals surface area contributed by atoms with Crippen molar-refractivity contribution < 1.29 is 23.8 Å². The van der Waals surface area contributed by atoms with E-state index in [2.05, 4.69) is 0 Å². The highest BCUT2D eigenvalue weighted by Gasteiger charge is 2.24. The predicted molar refractivity (Wildman–Crippen MR) is 110 cm³/mol. The lowest BCUT2D eigenvalue weighted by Gasteiger charge is -2.27. The van der Waals surface area contributed by atoms with E-state index in [-0.39, 0.29) is 36.8 Å². The molecule has 0 saturated heterocycles. The van der Waals surface area contributed by atoms with Crippen LogP contribution in [0.25, 0.3) is 0 Å². The molecular formula is C22H35NO5. The number of hydrogen-bond donors (Lipinski definition) is 0. The molecule has 1 aromatic rings. The predicted octanol–water partition coefficient (Wildman–Crippen LogP) is 4.45. The number of rotatable bonds is 10. The lowest BCUT2D eigenvalue weighted by molar-refractivity contribution is -0.149. The molecule has 0 spiro atoms. The molecule has 1 amide bonds. The third-order valence-corrected chi connectivity index (χ3v) is 3.96. The maximum Gasteiger partial charge on any atom is 0.325 e. The lowest BCUT2D eigenvalue weighted by Crippen LogP contribution is -2.41. The molecule has 28 heavy (non-hydrogen) atoms. The minimum Gasteiger partial charge on any atom is -0.491 e. The van der Waals surface area contributed by atoms with Crippen molar-refractivity contribution in [2.24, 2.45) is 0 Å². The summed E-state index contributed by atoms with van der Waals surface area (Å²) in [7, 11) is 0. The first-order valence-corrected chi connectivity index (χ1v) is 10.0. The Kier molecular flexibility index (Phi) is 9.29. The monoisotopic (exact) mass is 393 g/mol. The van der Waals surface area contributed by atoms with Crippen LogP contribution >= 0.6 is 0 Å². The quantitative estimate of drug-likeness (QED) is 0.549. The minimum atomic E-state index is -0.412. The summed E-state index contributed by atoms with van der Waals surface area (Å²) in [6.45, 7) is 15.1. The molecular weight excluding hydrogens is 358 g/mol. The largest absolute Gasteiger partial charge is 0.491 e. The van der Waals surface area contributed by atoms with Gasteiger partial charge in [-0.05, 0) is 67.0 Å². The van der Waals surface area contributed by atoms with Crippen molar-refractivity contribution in [1.29, 1.82) is 0 Å². The Morgan fingerprint density at radius 2 is 1.39 bits per heavy atom. The van der Waals surface area contributed by atoms with Gasteiger partial charge in [0.2, 0.25) is 0 Å². The zero-order valence-corrected chi connectivity index (χ0v) is 18.4. The number of nitrogens with zero attached hydrogens (tertiary/aromatic N) is 1. The first kappa shape index (κ1) is 23.8. The second-order valence-electron chi connectivity index (χ2n) is 7.76. The molecule has 1 atom stereocenters. The van der Waals surface area contributed by atoms with Crippen LogP contribution in [0.5, 0.6) is 11.5 Å². The Morgan fingerprint density at radius 1 is 0.893 bits per heavy atom. The van der Waals surface area contributed by atoms with Crippen molar-refractivity contribution >= 4 is 11.9 Å². The van der Waals surface area contributed by atoms with Gasteiger partial charge in [0.25, 0.3) is 5.91 Å².